The van der Waals surface area contributed by atoms with Crippen LogP contribution in [0.2, 0.25) is 5.02 Å². The minimum atomic E-state index is -4.63. The molecule has 256 valence electrons. The van der Waals surface area contributed by atoms with Gasteiger partial charge in [0.15, 0.2) is 23.0 Å². The molecule has 49 heavy (non-hydrogen) atoms. The predicted molar refractivity (Wildman–Crippen MR) is 171 cm³/mol. The summed E-state index contributed by atoms with van der Waals surface area (Å²) in [5.74, 6) is -0.875. The van der Waals surface area contributed by atoms with Crippen LogP contribution in [0, 0.1) is 5.82 Å². The molecule has 0 radical (unpaired) electrons. The molecule has 1 unspecified atom stereocenters. The van der Waals surface area contributed by atoms with Gasteiger partial charge < -0.3 is 18.8 Å². The Kier molecular flexibility index (Phi) is 7.99. The van der Waals surface area contributed by atoms with Crippen molar-refractivity contribution in [3.63, 3.8) is 0 Å². The molecule has 0 amide bonds. The number of nitrogens with one attached hydrogen (secondary N) is 1. The zero-order chi connectivity index (χ0) is 33.9. The van der Waals surface area contributed by atoms with Gasteiger partial charge in [-0.1, -0.05) is 23.7 Å². The first-order chi connectivity index (χ1) is 23.5. The normalized spacial score (nSPS) is 21.6. The number of aromatic nitrogens is 6. The second-order valence-corrected chi connectivity index (χ2v) is 13.3. The number of likely N-dealkylation sites (tertiary alicyclic amines) is 1. The first kappa shape index (κ1) is 32.0. The lowest BCUT2D eigenvalue weighted by atomic mass is 9.88. The Bertz CT molecular complexity index is 2020. The van der Waals surface area contributed by atoms with E-state index < -0.39 is 23.6 Å². The Morgan fingerprint density at radius 2 is 1.90 bits per heavy atom. The van der Waals surface area contributed by atoms with Gasteiger partial charge in [-0.05, 0) is 75.0 Å². The molecule has 0 saturated carbocycles. The molecule has 6 heterocycles. The average molecular weight is 698 g/mol. The number of benzene rings is 2. The first-order valence-corrected chi connectivity index (χ1v) is 16.6. The zero-order valence-electron chi connectivity index (χ0n) is 26.4. The summed E-state index contributed by atoms with van der Waals surface area (Å²) in [6.07, 6.45) is 0.488. The van der Waals surface area contributed by atoms with E-state index in [1.54, 1.807) is 25.1 Å². The number of hydrogen-bond donors (Lipinski definition) is 1. The minimum Gasteiger partial charge on any atom is -0.444 e. The van der Waals surface area contributed by atoms with Crippen molar-refractivity contribution >= 4 is 22.8 Å². The Morgan fingerprint density at radius 3 is 2.63 bits per heavy atom. The number of hydrogen-bond acceptors (Lipinski definition) is 8. The van der Waals surface area contributed by atoms with Crippen LogP contribution in [0.3, 0.4) is 0 Å². The maximum Gasteiger partial charge on any atom is 0.451 e. The van der Waals surface area contributed by atoms with Gasteiger partial charge in [0.2, 0.25) is 5.82 Å². The number of ether oxygens (including phenoxy) is 3. The van der Waals surface area contributed by atoms with Crippen molar-refractivity contribution in [1.82, 2.24) is 34.6 Å². The molecule has 2 aromatic carbocycles. The van der Waals surface area contributed by atoms with E-state index in [-0.39, 0.29) is 23.4 Å². The lowest BCUT2D eigenvalue weighted by molar-refractivity contribution is -0.144. The maximum absolute atomic E-state index is 14.9. The van der Waals surface area contributed by atoms with Crippen molar-refractivity contribution in [3.05, 3.63) is 82.3 Å². The minimum absolute atomic E-state index is 0.0279. The number of halogens is 5. The molecule has 3 aromatic heterocycles. The van der Waals surface area contributed by atoms with Crippen molar-refractivity contribution in [3.8, 4) is 22.9 Å². The summed E-state index contributed by atoms with van der Waals surface area (Å²) in [6, 6.07) is 11.9. The van der Waals surface area contributed by atoms with E-state index >= 15 is 0 Å². The standard InChI is InChI=1S/C34H32ClF4N7O3/c1-33(24-8-7-21(35)15-25(24)36)48-27-6-2-5-23(29(27)49-33)19-9-11-45(12-10-19)18-28-41-26-14-20(30-42-32(44-43-30)34(37,38)39)16-40-31(26)46(28)17-22-4-3-13-47-22/h2,5-8,14-16,19,22H,3-4,9-13,17-18H2,1H3,(H,42,43,44)/t22-,33?/m1/s1. The molecule has 3 aliphatic rings. The second kappa shape index (κ2) is 12.3. The van der Waals surface area contributed by atoms with Crippen LogP contribution in [0.25, 0.3) is 22.6 Å². The number of H-pyrrole nitrogens is 1. The third kappa shape index (κ3) is 6.10. The van der Waals surface area contributed by atoms with Crippen LogP contribution < -0.4 is 9.47 Å². The van der Waals surface area contributed by atoms with Crippen molar-refractivity contribution in [1.29, 1.82) is 0 Å². The van der Waals surface area contributed by atoms with Crippen LogP contribution in [-0.2, 0) is 29.8 Å². The highest BCUT2D eigenvalue weighted by Gasteiger charge is 2.43. The van der Waals surface area contributed by atoms with Crippen LogP contribution in [0.5, 0.6) is 11.5 Å². The number of nitrogens with zero attached hydrogens (tertiary/aromatic N) is 6. The first-order valence-electron chi connectivity index (χ1n) is 16.2. The predicted octanol–water partition coefficient (Wildman–Crippen LogP) is 7.23. The van der Waals surface area contributed by atoms with E-state index in [1.807, 2.05) is 23.3 Å². The van der Waals surface area contributed by atoms with Crippen molar-refractivity contribution in [2.24, 2.45) is 0 Å². The van der Waals surface area contributed by atoms with E-state index in [2.05, 4.69) is 24.5 Å². The summed E-state index contributed by atoms with van der Waals surface area (Å²) in [4.78, 5) is 15.5. The number of piperidine rings is 1. The van der Waals surface area contributed by atoms with Crippen molar-refractivity contribution in [2.45, 2.75) is 69.7 Å². The molecule has 0 bridgehead atoms. The van der Waals surface area contributed by atoms with Gasteiger partial charge >= 0.3 is 6.18 Å². The lowest BCUT2D eigenvalue weighted by Crippen LogP contribution is -2.34. The largest absolute Gasteiger partial charge is 0.451 e. The molecule has 0 aliphatic carbocycles. The van der Waals surface area contributed by atoms with Crippen LogP contribution >= 0.6 is 11.6 Å². The third-order valence-corrected chi connectivity index (χ3v) is 9.75. The Balaban J connectivity index is 1.01. The summed E-state index contributed by atoms with van der Waals surface area (Å²) in [6.45, 7) is 5.13. The molecular weight excluding hydrogens is 666 g/mol. The molecule has 3 aliphatic heterocycles. The fraction of sp³-hybridized carbons (Fsp3) is 0.412. The van der Waals surface area contributed by atoms with Crippen LogP contribution in [0.15, 0.2) is 48.7 Å². The zero-order valence-corrected chi connectivity index (χ0v) is 27.2. The number of pyridine rings is 1. The van der Waals surface area contributed by atoms with Gasteiger partial charge in [0.1, 0.15) is 17.2 Å². The topological polar surface area (TPSA) is 103 Å². The van der Waals surface area contributed by atoms with Crippen LogP contribution in [0.1, 0.15) is 61.3 Å². The van der Waals surface area contributed by atoms with E-state index in [9.17, 15) is 17.6 Å². The van der Waals surface area contributed by atoms with Crippen LogP contribution in [0.4, 0.5) is 17.6 Å². The summed E-state index contributed by atoms with van der Waals surface area (Å²) in [7, 11) is 0. The van der Waals surface area contributed by atoms with Gasteiger partial charge in [-0.3, -0.25) is 10.00 Å². The summed E-state index contributed by atoms with van der Waals surface area (Å²) < 4.78 is 74.8. The number of alkyl halides is 3. The van der Waals surface area contributed by atoms with Gasteiger partial charge in [0.05, 0.1) is 24.8 Å². The second-order valence-electron chi connectivity index (χ2n) is 12.8. The van der Waals surface area contributed by atoms with Gasteiger partial charge in [0, 0.05) is 35.9 Å². The summed E-state index contributed by atoms with van der Waals surface area (Å²) >= 11 is 5.98. The van der Waals surface area contributed by atoms with Crippen LogP contribution in [-0.4, -0.2) is 60.4 Å². The van der Waals surface area contributed by atoms with Gasteiger partial charge in [-0.15, -0.1) is 0 Å². The van der Waals surface area contributed by atoms with E-state index in [0.29, 0.717) is 52.9 Å². The van der Waals surface area contributed by atoms with E-state index in [0.717, 1.165) is 50.2 Å². The fourth-order valence-corrected chi connectivity index (χ4v) is 7.20. The molecule has 2 saturated heterocycles. The molecule has 8 rings (SSSR count). The molecule has 15 heteroatoms. The fourth-order valence-electron chi connectivity index (χ4n) is 7.04. The highest BCUT2D eigenvalue weighted by molar-refractivity contribution is 6.30. The molecule has 5 aromatic rings. The molecular formula is C34H32ClF4N7O3. The van der Waals surface area contributed by atoms with Gasteiger partial charge in [0.25, 0.3) is 5.79 Å². The number of aromatic amines is 1. The van der Waals surface area contributed by atoms with E-state index in [1.165, 1.54) is 12.3 Å². The lowest BCUT2D eigenvalue weighted by Gasteiger charge is -2.32. The Hall–Kier alpha value is -4.27. The highest BCUT2D eigenvalue weighted by Crippen LogP contribution is 2.50. The monoisotopic (exact) mass is 697 g/mol. The Morgan fingerprint density at radius 1 is 1.06 bits per heavy atom. The number of imidazole rings is 1. The van der Waals surface area contributed by atoms with E-state index in [4.69, 9.17) is 30.8 Å². The summed E-state index contributed by atoms with van der Waals surface area (Å²) in [5.41, 5.74) is 2.82. The molecule has 10 nitrogen and oxygen atoms in total. The number of fused-ring (bicyclic) bond motifs is 2. The maximum atomic E-state index is 14.9. The number of para-hydroxylation sites is 1. The van der Waals surface area contributed by atoms with Gasteiger partial charge in [-0.2, -0.15) is 18.3 Å². The molecule has 2 fully saturated rings. The smallest absolute Gasteiger partial charge is 0.444 e. The van der Waals surface area contributed by atoms with Gasteiger partial charge in [-0.25, -0.2) is 19.3 Å². The quantitative estimate of drug-likeness (QED) is 0.178. The third-order valence-electron chi connectivity index (χ3n) is 9.51. The average Bonchev–Trinajstić information content (AvgIpc) is 3.88. The number of rotatable bonds is 7. The molecule has 1 N–H and O–H groups in total. The molecule has 0 spiro atoms. The molecule has 2 atom stereocenters. The SMILES string of the molecule is CC1(c2ccc(Cl)cc2F)Oc2cccc(C3CCN(Cc4nc5cc(-c6n[nH]c(C(F)(F)F)n6)cnc5n4C[C@H]4CCCO4)CC3)c2O1. The van der Waals surface area contributed by atoms with Crippen molar-refractivity contribution in [2.75, 3.05) is 19.7 Å². The van der Waals surface area contributed by atoms with Crippen molar-refractivity contribution < 1.29 is 31.8 Å². The highest BCUT2D eigenvalue weighted by atomic mass is 35.5. The summed E-state index contributed by atoms with van der Waals surface area (Å²) in [5, 5.41) is 6.01. The Labute approximate surface area is 283 Å².